The van der Waals surface area contributed by atoms with Gasteiger partial charge in [0.1, 0.15) is 0 Å². The number of rotatable bonds is 4. The Hall–Kier alpha value is -2.38. The summed E-state index contributed by atoms with van der Waals surface area (Å²) in [6, 6.07) is 12.4. The van der Waals surface area contributed by atoms with E-state index in [1.54, 1.807) is 11.3 Å². The molecule has 3 fully saturated rings. The van der Waals surface area contributed by atoms with Gasteiger partial charge in [0.15, 0.2) is 0 Å². The zero-order valence-corrected chi connectivity index (χ0v) is 20.7. The van der Waals surface area contributed by atoms with Crippen LogP contribution in [0.3, 0.4) is 0 Å². The van der Waals surface area contributed by atoms with Gasteiger partial charge in [-0.1, -0.05) is 43.2 Å². The van der Waals surface area contributed by atoms with Crippen LogP contribution in [0.2, 0.25) is 0 Å². The number of ether oxygens (including phenoxy) is 1. The van der Waals surface area contributed by atoms with E-state index in [1.807, 2.05) is 23.1 Å². The van der Waals surface area contributed by atoms with Gasteiger partial charge in [0, 0.05) is 50.7 Å². The van der Waals surface area contributed by atoms with Crippen molar-refractivity contribution in [2.45, 2.75) is 38.5 Å². The van der Waals surface area contributed by atoms with Crippen molar-refractivity contribution in [3.05, 3.63) is 41.3 Å². The third kappa shape index (κ3) is 5.15. The number of likely N-dealkylation sites (tertiary alicyclic amines) is 2. The van der Waals surface area contributed by atoms with Crippen molar-refractivity contribution in [1.29, 1.82) is 0 Å². The first-order valence-corrected chi connectivity index (χ1v) is 13.6. The highest BCUT2D eigenvalue weighted by molar-refractivity contribution is 7.18. The van der Waals surface area contributed by atoms with E-state index in [0.29, 0.717) is 32.2 Å². The number of piperidine rings is 1. The molecule has 0 bridgehead atoms. The summed E-state index contributed by atoms with van der Waals surface area (Å²) in [4.78, 5) is 33.7. The van der Waals surface area contributed by atoms with Crippen molar-refractivity contribution >= 4 is 28.2 Å². The monoisotopic (exact) mass is 481 g/mol. The topological polar surface area (TPSA) is 53.1 Å². The number of amides is 2. The average Bonchev–Trinajstić information content (AvgIpc) is 3.17. The molecule has 7 heteroatoms. The Morgan fingerprint density at radius 3 is 2.18 bits per heavy atom. The number of carbonyl (C=O) groups is 2. The lowest BCUT2D eigenvalue weighted by molar-refractivity contribution is -0.136. The standard InChI is InChI=1S/C27H35N3O3S/c31-25(28-12-6-1-2-7-13-28)22-10-14-29(15-11-22)26(32)24-20-23(21-8-4-3-5-9-21)27(34-24)30-16-18-33-19-17-30/h3-5,8-9,20,22H,1-2,6-7,10-19H2. The molecule has 4 heterocycles. The maximum absolute atomic E-state index is 13.5. The van der Waals surface area contributed by atoms with Crippen LogP contribution in [0.25, 0.3) is 11.1 Å². The van der Waals surface area contributed by atoms with Crippen LogP contribution in [0, 0.1) is 5.92 Å². The van der Waals surface area contributed by atoms with Crippen LogP contribution in [0.1, 0.15) is 48.2 Å². The smallest absolute Gasteiger partial charge is 0.264 e. The van der Waals surface area contributed by atoms with Crippen LogP contribution in [0.15, 0.2) is 36.4 Å². The number of thiophene rings is 1. The number of nitrogens with zero attached hydrogens (tertiary/aromatic N) is 3. The maximum atomic E-state index is 13.5. The lowest BCUT2D eigenvalue weighted by Gasteiger charge is -2.34. The average molecular weight is 482 g/mol. The number of anilines is 1. The van der Waals surface area contributed by atoms with Gasteiger partial charge in [0.2, 0.25) is 5.91 Å². The molecule has 1 aromatic heterocycles. The van der Waals surface area contributed by atoms with E-state index >= 15 is 0 Å². The molecule has 0 N–H and O–H groups in total. The molecule has 0 unspecified atom stereocenters. The van der Waals surface area contributed by atoms with Crippen LogP contribution in [-0.2, 0) is 9.53 Å². The third-order valence-electron chi connectivity index (χ3n) is 7.36. The Morgan fingerprint density at radius 1 is 0.824 bits per heavy atom. The van der Waals surface area contributed by atoms with Gasteiger partial charge in [0.25, 0.3) is 5.91 Å². The lowest BCUT2D eigenvalue weighted by atomic mass is 9.95. The van der Waals surface area contributed by atoms with E-state index in [0.717, 1.165) is 72.9 Å². The third-order valence-corrected chi connectivity index (χ3v) is 8.54. The summed E-state index contributed by atoms with van der Waals surface area (Å²) in [7, 11) is 0. The van der Waals surface area contributed by atoms with Gasteiger partial charge in [-0.15, -0.1) is 11.3 Å². The van der Waals surface area contributed by atoms with Gasteiger partial charge in [0.05, 0.1) is 23.1 Å². The second-order valence-corrected chi connectivity index (χ2v) is 10.6. The molecule has 1 aromatic carbocycles. The SMILES string of the molecule is O=C(c1cc(-c2ccccc2)c(N2CCOCC2)s1)N1CCC(C(=O)N2CCCCCC2)CC1. The van der Waals surface area contributed by atoms with E-state index in [-0.39, 0.29) is 11.8 Å². The Labute approximate surface area is 206 Å². The first kappa shape index (κ1) is 23.4. The quantitative estimate of drug-likeness (QED) is 0.645. The van der Waals surface area contributed by atoms with Crippen LogP contribution >= 0.6 is 11.3 Å². The molecule has 5 rings (SSSR count). The minimum Gasteiger partial charge on any atom is -0.378 e. The van der Waals surface area contributed by atoms with Crippen LogP contribution in [0.5, 0.6) is 0 Å². The molecule has 0 spiro atoms. The van der Waals surface area contributed by atoms with Gasteiger partial charge in [-0.2, -0.15) is 0 Å². The maximum Gasteiger partial charge on any atom is 0.264 e. The largest absolute Gasteiger partial charge is 0.378 e. The molecule has 0 aliphatic carbocycles. The Balaban J connectivity index is 1.28. The molecule has 34 heavy (non-hydrogen) atoms. The molecule has 6 nitrogen and oxygen atoms in total. The highest BCUT2D eigenvalue weighted by Gasteiger charge is 2.32. The Bertz CT molecular complexity index is 970. The summed E-state index contributed by atoms with van der Waals surface area (Å²) < 4.78 is 5.55. The molecule has 0 atom stereocenters. The minimum absolute atomic E-state index is 0.0641. The highest BCUT2D eigenvalue weighted by Crippen LogP contribution is 2.40. The van der Waals surface area contributed by atoms with Crippen molar-refractivity contribution in [3.8, 4) is 11.1 Å². The van der Waals surface area contributed by atoms with Crippen molar-refractivity contribution in [1.82, 2.24) is 9.80 Å². The van der Waals surface area contributed by atoms with Crippen molar-refractivity contribution in [2.24, 2.45) is 5.92 Å². The van der Waals surface area contributed by atoms with Crippen LogP contribution < -0.4 is 4.90 Å². The second-order valence-electron chi connectivity index (χ2n) is 9.60. The zero-order valence-electron chi connectivity index (χ0n) is 19.9. The lowest BCUT2D eigenvalue weighted by Crippen LogP contribution is -2.44. The number of benzene rings is 1. The molecular formula is C27H35N3O3S. The van der Waals surface area contributed by atoms with Crippen molar-refractivity contribution in [3.63, 3.8) is 0 Å². The zero-order chi connectivity index (χ0) is 23.3. The van der Waals surface area contributed by atoms with Gasteiger partial charge >= 0.3 is 0 Å². The number of hydrogen-bond acceptors (Lipinski definition) is 5. The summed E-state index contributed by atoms with van der Waals surface area (Å²) in [6.45, 7) is 6.25. The number of hydrogen-bond donors (Lipinski definition) is 0. The molecule has 0 saturated carbocycles. The summed E-state index contributed by atoms with van der Waals surface area (Å²) in [5.41, 5.74) is 2.27. The van der Waals surface area contributed by atoms with E-state index in [2.05, 4.69) is 28.0 Å². The Morgan fingerprint density at radius 2 is 1.50 bits per heavy atom. The number of carbonyl (C=O) groups excluding carboxylic acids is 2. The van der Waals surface area contributed by atoms with Crippen molar-refractivity contribution in [2.75, 3.05) is 57.4 Å². The van der Waals surface area contributed by atoms with E-state index in [1.165, 1.54) is 12.8 Å². The van der Waals surface area contributed by atoms with Crippen LogP contribution in [0.4, 0.5) is 5.00 Å². The van der Waals surface area contributed by atoms with E-state index in [4.69, 9.17) is 4.74 Å². The normalized spacial score (nSPS) is 20.3. The molecule has 0 radical (unpaired) electrons. The van der Waals surface area contributed by atoms with E-state index in [9.17, 15) is 9.59 Å². The molecule has 3 aliphatic rings. The summed E-state index contributed by atoms with van der Waals surface area (Å²) >= 11 is 1.60. The summed E-state index contributed by atoms with van der Waals surface area (Å²) in [5, 5.41) is 1.16. The molecule has 3 aliphatic heterocycles. The van der Waals surface area contributed by atoms with Crippen LogP contribution in [-0.4, -0.2) is 74.1 Å². The fourth-order valence-corrected chi connectivity index (χ4v) is 6.55. The first-order valence-electron chi connectivity index (χ1n) is 12.8. The molecule has 182 valence electrons. The molecular weight excluding hydrogens is 446 g/mol. The highest BCUT2D eigenvalue weighted by atomic mass is 32.1. The first-order chi connectivity index (χ1) is 16.7. The predicted octanol–water partition coefficient (Wildman–Crippen LogP) is 4.51. The molecule has 3 saturated heterocycles. The fourth-order valence-electron chi connectivity index (χ4n) is 5.35. The Kier molecular flexibility index (Phi) is 7.50. The minimum atomic E-state index is 0.0641. The summed E-state index contributed by atoms with van der Waals surface area (Å²) in [6.07, 6.45) is 6.25. The van der Waals surface area contributed by atoms with Gasteiger partial charge < -0.3 is 19.4 Å². The molecule has 2 amide bonds. The van der Waals surface area contributed by atoms with Gasteiger partial charge in [-0.3, -0.25) is 9.59 Å². The second kappa shape index (κ2) is 10.9. The molecule has 2 aromatic rings. The number of morpholine rings is 1. The summed E-state index contributed by atoms with van der Waals surface area (Å²) in [5.74, 6) is 0.475. The van der Waals surface area contributed by atoms with Gasteiger partial charge in [-0.05, 0) is 37.3 Å². The van der Waals surface area contributed by atoms with Gasteiger partial charge in [-0.25, -0.2) is 0 Å². The van der Waals surface area contributed by atoms with Crippen molar-refractivity contribution < 1.29 is 14.3 Å². The fraction of sp³-hybridized carbons (Fsp3) is 0.556. The predicted molar refractivity (Wildman–Crippen MR) is 136 cm³/mol. The van der Waals surface area contributed by atoms with E-state index < -0.39 is 0 Å².